The van der Waals surface area contributed by atoms with Crippen molar-refractivity contribution < 1.29 is 28.9 Å². The van der Waals surface area contributed by atoms with Crippen LogP contribution in [0.15, 0.2) is 24.3 Å². The standard InChI is InChI=1S/C18H23NO6/c1-12-15(25-14-7-4-3-6-13(14)24-12)16(20)19-9-5-8-18(10-19,11-23-2)17(21)22/h3-4,6-7,12,15H,5,8-11H2,1-2H3,(H,21,22). The maximum Gasteiger partial charge on any atom is 0.313 e. The molecular formula is C18H23NO6. The molecule has 2 aliphatic rings. The first-order valence-corrected chi connectivity index (χ1v) is 8.40. The Morgan fingerprint density at radius 1 is 1.32 bits per heavy atom. The van der Waals surface area contributed by atoms with Crippen molar-refractivity contribution >= 4 is 11.9 Å². The highest BCUT2D eigenvalue weighted by molar-refractivity contribution is 5.84. The first kappa shape index (κ1) is 17.5. The number of carboxylic acids is 1. The van der Waals surface area contributed by atoms with E-state index in [1.807, 2.05) is 12.1 Å². The minimum Gasteiger partial charge on any atom is -0.482 e. The lowest BCUT2D eigenvalue weighted by molar-refractivity contribution is -0.162. The number of carbonyl (C=O) groups is 2. The number of aliphatic carboxylic acids is 1. The molecule has 3 unspecified atom stereocenters. The number of para-hydroxylation sites is 2. The summed E-state index contributed by atoms with van der Waals surface area (Å²) in [6.07, 6.45) is -0.145. The molecule has 0 saturated carbocycles. The first-order valence-electron chi connectivity index (χ1n) is 8.40. The number of benzene rings is 1. The SMILES string of the molecule is COCC1(C(=O)O)CCCN(C(=O)C2Oc3ccccc3OC2C)C1. The van der Waals surface area contributed by atoms with Crippen molar-refractivity contribution in [2.75, 3.05) is 26.8 Å². The van der Waals surface area contributed by atoms with Crippen molar-refractivity contribution in [3.63, 3.8) is 0 Å². The summed E-state index contributed by atoms with van der Waals surface area (Å²) in [5.74, 6) is -0.0520. The van der Waals surface area contributed by atoms with E-state index in [0.717, 1.165) is 0 Å². The second kappa shape index (κ2) is 6.92. The number of likely N-dealkylation sites (tertiary alicyclic amines) is 1. The van der Waals surface area contributed by atoms with Gasteiger partial charge in [-0.15, -0.1) is 0 Å². The Morgan fingerprint density at radius 3 is 2.64 bits per heavy atom. The van der Waals surface area contributed by atoms with Gasteiger partial charge in [0.05, 0.1) is 6.61 Å². The second-order valence-electron chi connectivity index (χ2n) is 6.69. The lowest BCUT2D eigenvalue weighted by atomic mass is 9.80. The Bertz CT molecular complexity index is 659. The molecule has 25 heavy (non-hydrogen) atoms. The topological polar surface area (TPSA) is 85.3 Å². The van der Waals surface area contributed by atoms with Gasteiger partial charge in [0.1, 0.15) is 11.5 Å². The smallest absolute Gasteiger partial charge is 0.313 e. The molecule has 3 atom stereocenters. The Morgan fingerprint density at radius 2 is 2.00 bits per heavy atom. The maximum absolute atomic E-state index is 13.0. The van der Waals surface area contributed by atoms with Crippen molar-refractivity contribution in [2.24, 2.45) is 5.41 Å². The van der Waals surface area contributed by atoms with E-state index in [-0.39, 0.29) is 19.1 Å². The van der Waals surface area contributed by atoms with Crippen molar-refractivity contribution in [1.29, 1.82) is 0 Å². The lowest BCUT2D eigenvalue weighted by Gasteiger charge is -2.41. The number of amides is 1. The molecule has 1 saturated heterocycles. The van der Waals surface area contributed by atoms with Crippen LogP contribution in [0.4, 0.5) is 0 Å². The maximum atomic E-state index is 13.0. The predicted molar refractivity (Wildman–Crippen MR) is 88.7 cm³/mol. The van der Waals surface area contributed by atoms with Gasteiger partial charge >= 0.3 is 5.97 Å². The third-order valence-corrected chi connectivity index (χ3v) is 4.85. The molecule has 2 heterocycles. The molecule has 2 aliphatic heterocycles. The first-order chi connectivity index (χ1) is 12.0. The van der Waals surface area contributed by atoms with Crippen molar-refractivity contribution in [3.05, 3.63) is 24.3 Å². The van der Waals surface area contributed by atoms with Gasteiger partial charge in [-0.25, -0.2) is 0 Å². The normalized spacial score (nSPS) is 28.5. The summed E-state index contributed by atoms with van der Waals surface area (Å²) in [6.45, 7) is 2.48. The summed E-state index contributed by atoms with van der Waals surface area (Å²) >= 11 is 0. The van der Waals surface area contributed by atoms with Gasteiger partial charge in [0.15, 0.2) is 11.5 Å². The van der Waals surface area contributed by atoms with Gasteiger partial charge in [0, 0.05) is 20.2 Å². The Balaban J connectivity index is 1.77. The van der Waals surface area contributed by atoms with Gasteiger partial charge in [-0.2, -0.15) is 0 Å². The molecule has 0 bridgehead atoms. The van der Waals surface area contributed by atoms with Crippen LogP contribution in [0.1, 0.15) is 19.8 Å². The van der Waals surface area contributed by atoms with E-state index in [4.69, 9.17) is 14.2 Å². The fourth-order valence-corrected chi connectivity index (χ4v) is 3.52. The molecule has 1 aromatic carbocycles. The summed E-state index contributed by atoms with van der Waals surface area (Å²) < 4.78 is 16.8. The van der Waals surface area contributed by atoms with E-state index in [9.17, 15) is 14.7 Å². The van der Waals surface area contributed by atoms with Crippen LogP contribution >= 0.6 is 0 Å². The molecule has 1 amide bonds. The minimum atomic E-state index is -1.07. The summed E-state index contributed by atoms with van der Waals surface area (Å²) in [7, 11) is 1.47. The third-order valence-electron chi connectivity index (χ3n) is 4.85. The van der Waals surface area contributed by atoms with Crippen molar-refractivity contribution in [1.82, 2.24) is 4.90 Å². The molecular weight excluding hydrogens is 326 g/mol. The number of hydrogen-bond acceptors (Lipinski definition) is 5. The molecule has 1 N–H and O–H groups in total. The molecule has 136 valence electrons. The zero-order chi connectivity index (χ0) is 18.0. The highest BCUT2D eigenvalue weighted by Crippen LogP contribution is 2.36. The van der Waals surface area contributed by atoms with E-state index in [2.05, 4.69) is 0 Å². The van der Waals surface area contributed by atoms with Crippen LogP contribution in [0, 0.1) is 5.41 Å². The number of carboxylic acid groups (broad SMARTS) is 1. The van der Waals surface area contributed by atoms with Crippen molar-refractivity contribution in [3.8, 4) is 11.5 Å². The van der Waals surface area contributed by atoms with Crippen molar-refractivity contribution in [2.45, 2.75) is 32.0 Å². The number of methoxy groups -OCH3 is 1. The molecule has 1 fully saturated rings. The predicted octanol–water partition coefficient (Wildman–Crippen LogP) is 1.55. The molecule has 7 nitrogen and oxygen atoms in total. The molecule has 0 aliphatic carbocycles. The Kier molecular flexibility index (Phi) is 4.85. The van der Waals surface area contributed by atoms with E-state index < -0.39 is 23.6 Å². The second-order valence-corrected chi connectivity index (χ2v) is 6.69. The number of nitrogens with zero attached hydrogens (tertiary/aromatic N) is 1. The van der Waals surface area contributed by atoms with Crippen LogP contribution in [-0.4, -0.2) is 60.9 Å². The third kappa shape index (κ3) is 3.28. The van der Waals surface area contributed by atoms with E-state index in [1.54, 1.807) is 24.0 Å². The number of rotatable bonds is 4. The van der Waals surface area contributed by atoms with Gasteiger partial charge in [0.25, 0.3) is 5.91 Å². The Hall–Kier alpha value is -2.28. The minimum absolute atomic E-state index is 0.0759. The average Bonchev–Trinajstić information content (AvgIpc) is 2.61. The van der Waals surface area contributed by atoms with E-state index in [1.165, 1.54) is 7.11 Å². The number of fused-ring (bicyclic) bond motifs is 1. The van der Waals surface area contributed by atoms with Gasteiger partial charge in [0.2, 0.25) is 6.10 Å². The summed E-state index contributed by atoms with van der Waals surface area (Å²) in [5, 5.41) is 9.64. The average molecular weight is 349 g/mol. The molecule has 3 rings (SSSR count). The zero-order valence-corrected chi connectivity index (χ0v) is 14.4. The monoisotopic (exact) mass is 349 g/mol. The van der Waals surface area contributed by atoms with Crippen LogP contribution in [-0.2, 0) is 14.3 Å². The summed E-state index contributed by atoms with van der Waals surface area (Å²) in [5.41, 5.74) is -1.07. The fourth-order valence-electron chi connectivity index (χ4n) is 3.52. The lowest BCUT2D eigenvalue weighted by Crippen LogP contribution is -2.57. The van der Waals surface area contributed by atoms with E-state index >= 15 is 0 Å². The molecule has 1 aromatic rings. The highest BCUT2D eigenvalue weighted by atomic mass is 16.6. The molecule has 0 radical (unpaired) electrons. The van der Waals surface area contributed by atoms with Gasteiger partial charge in [-0.05, 0) is 31.9 Å². The van der Waals surface area contributed by atoms with Gasteiger partial charge < -0.3 is 24.2 Å². The van der Waals surface area contributed by atoms with Crippen LogP contribution in [0.3, 0.4) is 0 Å². The number of piperidine rings is 1. The Labute approximate surface area is 146 Å². The molecule has 0 aromatic heterocycles. The quantitative estimate of drug-likeness (QED) is 0.888. The summed E-state index contributed by atoms with van der Waals surface area (Å²) in [4.78, 5) is 26.3. The van der Waals surface area contributed by atoms with Crippen LogP contribution < -0.4 is 9.47 Å². The van der Waals surface area contributed by atoms with Crippen LogP contribution in [0.5, 0.6) is 11.5 Å². The highest BCUT2D eigenvalue weighted by Gasteiger charge is 2.46. The number of carbonyl (C=O) groups excluding carboxylic acids is 1. The van der Waals surface area contributed by atoms with E-state index in [0.29, 0.717) is 30.9 Å². The summed E-state index contributed by atoms with van der Waals surface area (Å²) in [6, 6.07) is 7.20. The number of hydrogen-bond donors (Lipinski definition) is 1. The largest absolute Gasteiger partial charge is 0.482 e. The van der Waals surface area contributed by atoms with Gasteiger partial charge in [-0.1, -0.05) is 12.1 Å². The zero-order valence-electron chi connectivity index (χ0n) is 14.4. The molecule has 7 heteroatoms. The molecule has 0 spiro atoms. The van der Waals surface area contributed by atoms with Crippen LogP contribution in [0.2, 0.25) is 0 Å². The fraction of sp³-hybridized carbons (Fsp3) is 0.556. The number of ether oxygens (including phenoxy) is 3. The van der Waals surface area contributed by atoms with Gasteiger partial charge in [-0.3, -0.25) is 9.59 Å². The van der Waals surface area contributed by atoms with Crippen LogP contribution in [0.25, 0.3) is 0 Å².